The normalized spacial score (nSPS) is 11.6. The Balaban J connectivity index is 2.17. The average Bonchev–Trinajstić information content (AvgIpc) is 2.94. The SMILES string of the molecule is CN(C)S(=O)(=O)n1c(C#N)nc2ccc(Oc3ccccc3)cc21. The number of hydrogen-bond acceptors (Lipinski definition) is 5. The van der Waals surface area contributed by atoms with E-state index in [1.807, 2.05) is 24.3 Å². The van der Waals surface area contributed by atoms with Crippen LogP contribution in [0.25, 0.3) is 11.0 Å². The van der Waals surface area contributed by atoms with Crippen molar-refractivity contribution in [1.82, 2.24) is 13.3 Å². The smallest absolute Gasteiger partial charge is 0.309 e. The maximum atomic E-state index is 12.5. The Kier molecular flexibility index (Phi) is 3.97. The van der Waals surface area contributed by atoms with E-state index in [0.717, 1.165) is 8.28 Å². The highest BCUT2D eigenvalue weighted by atomic mass is 32.2. The van der Waals surface area contributed by atoms with Crippen molar-refractivity contribution in [2.75, 3.05) is 14.1 Å². The van der Waals surface area contributed by atoms with Crippen LogP contribution in [0.5, 0.6) is 11.5 Å². The first kappa shape index (κ1) is 16.0. The van der Waals surface area contributed by atoms with E-state index in [2.05, 4.69) is 4.98 Å². The van der Waals surface area contributed by atoms with Crippen molar-refractivity contribution in [1.29, 1.82) is 5.26 Å². The Hall–Kier alpha value is -2.89. The van der Waals surface area contributed by atoms with Gasteiger partial charge < -0.3 is 4.74 Å². The third-order valence-corrected chi connectivity index (χ3v) is 5.11. The quantitative estimate of drug-likeness (QED) is 0.726. The summed E-state index contributed by atoms with van der Waals surface area (Å²) >= 11 is 0. The lowest BCUT2D eigenvalue weighted by atomic mass is 10.3. The zero-order chi connectivity index (χ0) is 17.3. The molecule has 0 spiro atoms. The molecule has 0 saturated heterocycles. The van der Waals surface area contributed by atoms with Gasteiger partial charge in [0, 0.05) is 20.2 Å². The number of fused-ring (bicyclic) bond motifs is 1. The van der Waals surface area contributed by atoms with Gasteiger partial charge in [-0.3, -0.25) is 0 Å². The Labute approximate surface area is 139 Å². The van der Waals surface area contributed by atoms with Crippen LogP contribution < -0.4 is 4.74 Å². The van der Waals surface area contributed by atoms with Gasteiger partial charge in [-0.1, -0.05) is 18.2 Å². The van der Waals surface area contributed by atoms with Crippen LogP contribution in [0.15, 0.2) is 48.5 Å². The lowest BCUT2D eigenvalue weighted by molar-refractivity contribution is 0.483. The topological polar surface area (TPSA) is 88.2 Å². The molecule has 24 heavy (non-hydrogen) atoms. The van der Waals surface area contributed by atoms with Crippen molar-refractivity contribution in [2.24, 2.45) is 0 Å². The van der Waals surface area contributed by atoms with E-state index in [9.17, 15) is 13.7 Å². The summed E-state index contributed by atoms with van der Waals surface area (Å²) in [5.74, 6) is 0.878. The Morgan fingerprint density at radius 1 is 1.12 bits per heavy atom. The molecule has 2 aromatic carbocycles. The molecule has 0 aliphatic heterocycles. The molecular formula is C16H14N4O3S. The van der Waals surface area contributed by atoms with Crippen molar-refractivity contribution in [3.8, 4) is 17.6 Å². The molecule has 0 atom stereocenters. The van der Waals surface area contributed by atoms with E-state index in [0.29, 0.717) is 17.0 Å². The molecule has 1 aromatic heterocycles. The van der Waals surface area contributed by atoms with Gasteiger partial charge in [0.1, 0.15) is 17.6 Å². The van der Waals surface area contributed by atoms with Crippen LogP contribution in [0.1, 0.15) is 5.82 Å². The second kappa shape index (κ2) is 5.96. The predicted octanol–water partition coefficient (Wildman–Crippen LogP) is 2.35. The van der Waals surface area contributed by atoms with Crippen LogP contribution in [0.2, 0.25) is 0 Å². The van der Waals surface area contributed by atoms with Crippen LogP contribution in [0, 0.1) is 11.3 Å². The Morgan fingerprint density at radius 3 is 2.46 bits per heavy atom. The molecular weight excluding hydrogens is 328 g/mol. The summed E-state index contributed by atoms with van der Waals surface area (Å²) in [4.78, 5) is 4.07. The maximum absolute atomic E-state index is 12.5. The number of imidazole rings is 1. The minimum atomic E-state index is -3.88. The first-order valence-electron chi connectivity index (χ1n) is 7.02. The lowest BCUT2D eigenvalue weighted by Crippen LogP contribution is -2.29. The second-order valence-corrected chi connectivity index (χ2v) is 7.16. The van der Waals surface area contributed by atoms with Crippen molar-refractivity contribution in [3.05, 3.63) is 54.4 Å². The molecule has 0 radical (unpaired) electrons. The fraction of sp³-hybridized carbons (Fsp3) is 0.125. The van der Waals surface area contributed by atoms with E-state index in [-0.39, 0.29) is 11.3 Å². The van der Waals surface area contributed by atoms with Crippen LogP contribution >= 0.6 is 0 Å². The van der Waals surface area contributed by atoms with Gasteiger partial charge in [-0.2, -0.15) is 22.0 Å². The predicted molar refractivity (Wildman–Crippen MR) is 89.0 cm³/mol. The van der Waals surface area contributed by atoms with Crippen LogP contribution in [0.4, 0.5) is 0 Å². The highest BCUT2D eigenvalue weighted by molar-refractivity contribution is 7.87. The molecule has 122 valence electrons. The molecule has 0 aliphatic rings. The third kappa shape index (κ3) is 2.71. The fourth-order valence-corrected chi connectivity index (χ4v) is 3.21. The molecule has 0 aliphatic carbocycles. The van der Waals surface area contributed by atoms with Crippen molar-refractivity contribution in [2.45, 2.75) is 0 Å². The summed E-state index contributed by atoms with van der Waals surface area (Å²) in [7, 11) is -1.09. The summed E-state index contributed by atoms with van der Waals surface area (Å²) in [6.07, 6.45) is 0. The summed E-state index contributed by atoms with van der Waals surface area (Å²) in [5, 5.41) is 9.22. The monoisotopic (exact) mass is 342 g/mol. The Morgan fingerprint density at radius 2 is 1.83 bits per heavy atom. The van der Waals surface area contributed by atoms with Gasteiger partial charge >= 0.3 is 10.2 Å². The number of hydrogen-bond donors (Lipinski definition) is 0. The van der Waals surface area contributed by atoms with Gasteiger partial charge in [-0.05, 0) is 24.3 Å². The molecule has 8 heteroatoms. The van der Waals surface area contributed by atoms with Crippen molar-refractivity contribution >= 4 is 21.2 Å². The van der Waals surface area contributed by atoms with Gasteiger partial charge in [0.2, 0.25) is 5.82 Å². The summed E-state index contributed by atoms with van der Waals surface area (Å²) in [5.41, 5.74) is 0.686. The number of benzene rings is 2. The number of aromatic nitrogens is 2. The average molecular weight is 342 g/mol. The minimum absolute atomic E-state index is 0.199. The molecule has 0 fully saturated rings. The van der Waals surface area contributed by atoms with E-state index in [4.69, 9.17) is 4.74 Å². The molecule has 0 bridgehead atoms. The minimum Gasteiger partial charge on any atom is -0.457 e. The van der Waals surface area contributed by atoms with Gasteiger partial charge in [0.05, 0.1) is 11.0 Å². The van der Waals surface area contributed by atoms with Crippen molar-refractivity contribution < 1.29 is 13.2 Å². The highest BCUT2D eigenvalue weighted by Crippen LogP contribution is 2.27. The molecule has 0 N–H and O–H groups in total. The fourth-order valence-electron chi connectivity index (χ4n) is 2.19. The number of rotatable bonds is 4. The number of nitriles is 1. The Bertz CT molecular complexity index is 1030. The number of nitrogens with zero attached hydrogens (tertiary/aromatic N) is 4. The second-order valence-electron chi connectivity index (χ2n) is 5.17. The number of para-hydroxylation sites is 1. The molecule has 0 amide bonds. The largest absolute Gasteiger partial charge is 0.457 e. The molecule has 7 nitrogen and oxygen atoms in total. The van der Waals surface area contributed by atoms with Crippen LogP contribution in [0.3, 0.4) is 0 Å². The first-order valence-corrected chi connectivity index (χ1v) is 8.41. The highest BCUT2D eigenvalue weighted by Gasteiger charge is 2.24. The summed E-state index contributed by atoms with van der Waals surface area (Å²) in [6, 6.07) is 15.8. The van der Waals surface area contributed by atoms with Gasteiger partial charge in [-0.15, -0.1) is 0 Å². The number of ether oxygens (including phenoxy) is 1. The van der Waals surface area contributed by atoms with E-state index < -0.39 is 10.2 Å². The molecule has 0 saturated carbocycles. The zero-order valence-electron chi connectivity index (χ0n) is 13.0. The van der Waals surface area contributed by atoms with Crippen LogP contribution in [-0.2, 0) is 10.2 Å². The van der Waals surface area contributed by atoms with Gasteiger partial charge in [0.25, 0.3) is 0 Å². The molecule has 1 heterocycles. The van der Waals surface area contributed by atoms with Gasteiger partial charge in [0.15, 0.2) is 0 Å². The standard InChI is InChI=1S/C16H14N4O3S/c1-19(2)24(21,22)20-15-10-13(23-12-6-4-3-5-7-12)8-9-14(15)18-16(20)11-17/h3-10H,1-2H3. The maximum Gasteiger partial charge on any atom is 0.309 e. The summed E-state index contributed by atoms with van der Waals surface area (Å²) in [6.45, 7) is 0. The lowest BCUT2D eigenvalue weighted by Gasteiger charge is -2.13. The van der Waals surface area contributed by atoms with Gasteiger partial charge in [-0.25, -0.2) is 4.98 Å². The van der Waals surface area contributed by atoms with E-state index in [1.54, 1.807) is 30.3 Å². The zero-order valence-corrected chi connectivity index (χ0v) is 13.9. The van der Waals surface area contributed by atoms with Crippen LogP contribution in [-0.4, -0.2) is 35.8 Å². The molecule has 0 unspecified atom stereocenters. The summed E-state index contributed by atoms with van der Waals surface area (Å²) < 4.78 is 32.7. The molecule has 3 rings (SSSR count). The molecule has 3 aromatic rings. The van der Waals surface area contributed by atoms with E-state index >= 15 is 0 Å². The third-order valence-electron chi connectivity index (χ3n) is 3.36. The first-order chi connectivity index (χ1) is 11.4. The van der Waals surface area contributed by atoms with E-state index in [1.165, 1.54) is 14.1 Å². The van der Waals surface area contributed by atoms with Crippen molar-refractivity contribution in [3.63, 3.8) is 0 Å².